The van der Waals surface area contributed by atoms with Crippen LogP contribution in [0.5, 0.6) is 5.75 Å². The number of rotatable bonds is 6. The van der Waals surface area contributed by atoms with E-state index in [4.69, 9.17) is 16.3 Å². The number of carbonyl (C=O) groups is 1. The van der Waals surface area contributed by atoms with Crippen molar-refractivity contribution in [3.05, 3.63) is 63.7 Å². The Labute approximate surface area is 147 Å². The summed E-state index contributed by atoms with van der Waals surface area (Å²) in [6.45, 7) is 6.45. The van der Waals surface area contributed by atoms with Crippen LogP contribution < -0.4 is 10.2 Å². The van der Waals surface area contributed by atoms with Crippen LogP contribution >= 0.6 is 11.6 Å². The van der Waals surface area contributed by atoms with E-state index in [0.717, 1.165) is 22.3 Å². The lowest BCUT2D eigenvalue weighted by molar-refractivity contribution is -0.120. The number of ether oxygens (including phenoxy) is 1. The van der Waals surface area contributed by atoms with E-state index in [2.05, 4.69) is 10.5 Å². The predicted molar refractivity (Wildman–Crippen MR) is 98.0 cm³/mol. The molecule has 2 aromatic rings. The molecule has 0 fully saturated rings. The largest absolute Gasteiger partial charge is 0.493 e. The molecular formula is C19H21ClN2O2. The summed E-state index contributed by atoms with van der Waals surface area (Å²) in [6, 6.07) is 11.3. The lowest BCUT2D eigenvalue weighted by Gasteiger charge is -2.07. The third-order valence-corrected chi connectivity index (χ3v) is 3.76. The van der Waals surface area contributed by atoms with Crippen molar-refractivity contribution in [3.8, 4) is 5.75 Å². The fraction of sp³-hybridized carbons (Fsp3) is 0.263. The van der Waals surface area contributed by atoms with Gasteiger partial charge in [-0.2, -0.15) is 5.10 Å². The molecule has 1 amide bonds. The highest BCUT2D eigenvalue weighted by Crippen LogP contribution is 2.21. The molecule has 0 spiro atoms. The molecule has 24 heavy (non-hydrogen) atoms. The molecule has 0 heterocycles. The Balaban J connectivity index is 2.02. The van der Waals surface area contributed by atoms with Crippen molar-refractivity contribution in [3.63, 3.8) is 0 Å². The second-order valence-corrected chi connectivity index (χ2v) is 5.95. The highest BCUT2D eigenvalue weighted by molar-refractivity contribution is 6.30. The van der Waals surface area contributed by atoms with Crippen LogP contribution in [0.1, 0.15) is 29.2 Å². The average molecular weight is 345 g/mol. The summed E-state index contributed by atoms with van der Waals surface area (Å²) in [5.41, 5.74) is 6.49. The molecule has 0 aromatic heterocycles. The molecule has 0 saturated carbocycles. The zero-order valence-corrected chi connectivity index (χ0v) is 14.9. The van der Waals surface area contributed by atoms with Gasteiger partial charge in [-0.3, -0.25) is 4.79 Å². The Kier molecular flexibility index (Phi) is 6.38. The number of hydrogen-bond acceptors (Lipinski definition) is 3. The average Bonchev–Trinajstić information content (AvgIpc) is 2.53. The molecule has 1 N–H and O–H groups in total. The molecule has 5 heteroatoms. The monoisotopic (exact) mass is 344 g/mol. The molecular weight excluding hydrogens is 324 g/mol. The zero-order valence-electron chi connectivity index (χ0n) is 14.1. The van der Waals surface area contributed by atoms with Gasteiger partial charge in [-0.25, -0.2) is 5.43 Å². The zero-order chi connectivity index (χ0) is 17.5. The maximum atomic E-state index is 12.1. The molecule has 126 valence electrons. The topological polar surface area (TPSA) is 50.7 Å². The lowest BCUT2D eigenvalue weighted by atomic mass is 10.0. The van der Waals surface area contributed by atoms with Crippen molar-refractivity contribution in [2.24, 2.45) is 5.10 Å². The van der Waals surface area contributed by atoms with Crippen molar-refractivity contribution >= 4 is 23.7 Å². The van der Waals surface area contributed by atoms with Gasteiger partial charge in [-0.15, -0.1) is 0 Å². The van der Waals surface area contributed by atoms with Crippen LogP contribution in [0.4, 0.5) is 0 Å². The summed E-state index contributed by atoms with van der Waals surface area (Å²) < 4.78 is 5.51. The smallest absolute Gasteiger partial charge is 0.244 e. The number of hydrogen-bond donors (Lipinski definition) is 1. The molecule has 0 saturated heterocycles. The minimum atomic E-state index is -0.167. The van der Waals surface area contributed by atoms with Gasteiger partial charge in [0, 0.05) is 10.6 Å². The van der Waals surface area contributed by atoms with Gasteiger partial charge >= 0.3 is 0 Å². The molecule has 0 aliphatic heterocycles. The Morgan fingerprint density at radius 3 is 2.79 bits per heavy atom. The van der Waals surface area contributed by atoms with Crippen LogP contribution in [0.25, 0.3) is 0 Å². The number of halogens is 1. The first kappa shape index (κ1) is 18.0. The maximum Gasteiger partial charge on any atom is 0.244 e. The number of aryl methyl sites for hydroxylation is 2. The SMILES string of the molecule is CCOc1ccc(Cl)cc1/C=N/NC(=O)Cc1cc(C)ccc1C. The summed E-state index contributed by atoms with van der Waals surface area (Å²) in [7, 11) is 0. The van der Waals surface area contributed by atoms with E-state index in [1.54, 1.807) is 18.2 Å². The number of benzene rings is 2. The Morgan fingerprint density at radius 1 is 1.25 bits per heavy atom. The molecule has 0 atom stereocenters. The van der Waals surface area contributed by atoms with E-state index in [1.807, 2.05) is 39.0 Å². The fourth-order valence-electron chi connectivity index (χ4n) is 2.28. The Hall–Kier alpha value is -2.33. The molecule has 2 rings (SSSR count). The van der Waals surface area contributed by atoms with Crippen molar-refractivity contribution < 1.29 is 9.53 Å². The van der Waals surface area contributed by atoms with E-state index < -0.39 is 0 Å². The van der Waals surface area contributed by atoms with E-state index in [9.17, 15) is 4.79 Å². The summed E-state index contributed by atoms with van der Waals surface area (Å²) in [5.74, 6) is 0.509. The molecule has 0 radical (unpaired) electrons. The van der Waals surface area contributed by atoms with Gasteiger partial charge in [0.2, 0.25) is 5.91 Å². The van der Waals surface area contributed by atoms with Crippen molar-refractivity contribution in [1.82, 2.24) is 5.43 Å². The van der Waals surface area contributed by atoms with E-state index >= 15 is 0 Å². The highest BCUT2D eigenvalue weighted by Gasteiger charge is 2.06. The minimum Gasteiger partial charge on any atom is -0.493 e. The van der Waals surface area contributed by atoms with Crippen molar-refractivity contribution in [2.75, 3.05) is 6.61 Å². The summed E-state index contributed by atoms with van der Waals surface area (Å²) in [4.78, 5) is 12.1. The molecule has 0 unspecified atom stereocenters. The normalized spacial score (nSPS) is 10.8. The van der Waals surface area contributed by atoms with Crippen LogP contribution in [0, 0.1) is 13.8 Å². The number of nitrogens with one attached hydrogen (secondary N) is 1. The first-order chi connectivity index (χ1) is 11.5. The summed E-state index contributed by atoms with van der Waals surface area (Å²) >= 11 is 5.99. The second kappa shape index (κ2) is 8.50. The minimum absolute atomic E-state index is 0.167. The molecule has 0 aliphatic rings. The summed E-state index contributed by atoms with van der Waals surface area (Å²) in [5, 5.41) is 4.60. The Bertz CT molecular complexity index is 757. The van der Waals surface area contributed by atoms with Crippen LogP contribution in [-0.2, 0) is 11.2 Å². The van der Waals surface area contributed by atoms with E-state index in [-0.39, 0.29) is 5.91 Å². The van der Waals surface area contributed by atoms with Crippen LogP contribution in [0.3, 0.4) is 0 Å². The third-order valence-electron chi connectivity index (χ3n) is 3.52. The standard InChI is InChI=1S/C19H21ClN2O2/c1-4-24-18-8-7-17(20)10-16(18)12-21-22-19(23)11-15-9-13(2)5-6-14(15)3/h5-10,12H,4,11H2,1-3H3,(H,22,23)/b21-12+. The third kappa shape index (κ3) is 5.10. The molecule has 0 bridgehead atoms. The molecule has 0 aliphatic carbocycles. The quantitative estimate of drug-likeness (QED) is 0.635. The molecule has 4 nitrogen and oxygen atoms in total. The van der Waals surface area contributed by atoms with Gasteiger partial charge in [0.1, 0.15) is 5.75 Å². The lowest BCUT2D eigenvalue weighted by Crippen LogP contribution is -2.20. The summed E-state index contributed by atoms with van der Waals surface area (Å²) in [6.07, 6.45) is 1.83. The van der Waals surface area contributed by atoms with E-state index in [1.165, 1.54) is 6.21 Å². The van der Waals surface area contributed by atoms with E-state index in [0.29, 0.717) is 23.8 Å². The van der Waals surface area contributed by atoms with Gasteiger partial charge in [-0.1, -0.05) is 35.4 Å². The highest BCUT2D eigenvalue weighted by atomic mass is 35.5. The second-order valence-electron chi connectivity index (χ2n) is 5.52. The Morgan fingerprint density at radius 2 is 2.04 bits per heavy atom. The predicted octanol–water partition coefficient (Wildman–Crippen LogP) is 4.05. The van der Waals surface area contributed by atoms with Crippen LogP contribution in [0.15, 0.2) is 41.5 Å². The number of nitrogens with zero attached hydrogens (tertiary/aromatic N) is 1. The first-order valence-corrected chi connectivity index (χ1v) is 8.17. The van der Waals surface area contributed by atoms with Crippen LogP contribution in [-0.4, -0.2) is 18.7 Å². The van der Waals surface area contributed by atoms with Gasteiger partial charge in [0.05, 0.1) is 19.2 Å². The first-order valence-electron chi connectivity index (χ1n) is 7.80. The van der Waals surface area contributed by atoms with Gasteiger partial charge in [0.25, 0.3) is 0 Å². The van der Waals surface area contributed by atoms with Crippen molar-refractivity contribution in [1.29, 1.82) is 0 Å². The van der Waals surface area contributed by atoms with Crippen LogP contribution in [0.2, 0.25) is 5.02 Å². The number of hydrazone groups is 1. The number of carbonyl (C=O) groups excluding carboxylic acids is 1. The van der Waals surface area contributed by atoms with Gasteiger partial charge < -0.3 is 4.74 Å². The maximum absolute atomic E-state index is 12.1. The number of amides is 1. The fourth-order valence-corrected chi connectivity index (χ4v) is 2.46. The molecule has 2 aromatic carbocycles. The van der Waals surface area contributed by atoms with Crippen molar-refractivity contribution in [2.45, 2.75) is 27.2 Å². The van der Waals surface area contributed by atoms with Gasteiger partial charge in [-0.05, 0) is 50.1 Å². The van der Waals surface area contributed by atoms with Gasteiger partial charge in [0.15, 0.2) is 0 Å².